The van der Waals surface area contributed by atoms with Crippen molar-refractivity contribution in [3.05, 3.63) is 64.6 Å². The second-order valence-corrected chi connectivity index (χ2v) is 6.66. The largest absolute Gasteiger partial charge is 0.469 e. The number of nitrogens with one attached hydrogen (secondary N) is 1. The highest BCUT2D eigenvalue weighted by Gasteiger charge is 2.22. The van der Waals surface area contributed by atoms with E-state index in [4.69, 9.17) is 4.42 Å². The summed E-state index contributed by atoms with van der Waals surface area (Å²) in [5, 5.41) is 4.95. The van der Waals surface area contributed by atoms with Crippen molar-refractivity contribution in [3.63, 3.8) is 0 Å². The minimum Gasteiger partial charge on any atom is -0.469 e. The second kappa shape index (κ2) is 8.13. The first-order valence-corrected chi connectivity index (χ1v) is 8.99. The van der Waals surface area contributed by atoms with Gasteiger partial charge < -0.3 is 14.5 Å². The van der Waals surface area contributed by atoms with Crippen LogP contribution < -0.4 is 5.32 Å². The summed E-state index contributed by atoms with van der Waals surface area (Å²) in [5.41, 5.74) is 0.799. The van der Waals surface area contributed by atoms with Gasteiger partial charge in [-0.05, 0) is 36.8 Å². The van der Waals surface area contributed by atoms with Crippen LogP contribution in [0.5, 0.6) is 0 Å². The molecule has 1 amide bonds. The van der Waals surface area contributed by atoms with Crippen molar-refractivity contribution >= 4 is 23.2 Å². The van der Waals surface area contributed by atoms with E-state index in [9.17, 15) is 14.0 Å². The lowest BCUT2D eigenvalue weighted by Crippen LogP contribution is -2.30. The molecule has 27 heavy (non-hydrogen) atoms. The molecular formula is C19H17FN2O4S. The highest BCUT2D eigenvalue weighted by atomic mass is 32.1. The number of aromatic nitrogens is 1. The van der Waals surface area contributed by atoms with Crippen molar-refractivity contribution in [2.24, 2.45) is 0 Å². The van der Waals surface area contributed by atoms with Crippen LogP contribution in [0.2, 0.25) is 0 Å². The fraction of sp³-hybridized carbons (Fsp3) is 0.211. The van der Waals surface area contributed by atoms with E-state index >= 15 is 0 Å². The van der Waals surface area contributed by atoms with Crippen LogP contribution in [0.1, 0.15) is 34.3 Å². The maximum absolute atomic E-state index is 13.2. The average Bonchev–Trinajstić information content (AvgIpc) is 3.30. The molecule has 2 heterocycles. The Morgan fingerprint density at radius 2 is 2.00 bits per heavy atom. The number of esters is 1. The zero-order valence-corrected chi connectivity index (χ0v) is 15.5. The number of furan rings is 1. The summed E-state index contributed by atoms with van der Waals surface area (Å²) in [7, 11) is 1.27. The molecule has 1 atom stereocenters. The number of benzene rings is 1. The van der Waals surface area contributed by atoms with Crippen LogP contribution in [0.4, 0.5) is 4.39 Å². The van der Waals surface area contributed by atoms with E-state index in [2.05, 4.69) is 15.0 Å². The Labute approximate surface area is 159 Å². The van der Waals surface area contributed by atoms with Gasteiger partial charge in [0.05, 0.1) is 19.6 Å². The van der Waals surface area contributed by atoms with E-state index in [1.165, 1.54) is 42.7 Å². The van der Waals surface area contributed by atoms with E-state index in [-0.39, 0.29) is 12.1 Å². The maximum atomic E-state index is 13.2. The Morgan fingerprint density at radius 3 is 2.63 bits per heavy atom. The van der Waals surface area contributed by atoms with Gasteiger partial charge in [0.15, 0.2) is 10.8 Å². The minimum atomic E-state index is -0.665. The van der Waals surface area contributed by atoms with Crippen molar-refractivity contribution in [2.45, 2.75) is 19.4 Å². The van der Waals surface area contributed by atoms with Gasteiger partial charge in [-0.2, -0.15) is 0 Å². The third-order valence-electron chi connectivity index (χ3n) is 3.86. The molecule has 0 unspecified atom stereocenters. The number of halogens is 1. The zero-order valence-electron chi connectivity index (χ0n) is 14.7. The van der Waals surface area contributed by atoms with Crippen LogP contribution in [-0.4, -0.2) is 24.0 Å². The minimum absolute atomic E-state index is 0.0811. The van der Waals surface area contributed by atoms with E-state index in [1.807, 2.05) is 13.0 Å². The number of hydrogen-bond acceptors (Lipinski definition) is 6. The quantitative estimate of drug-likeness (QED) is 0.648. The van der Waals surface area contributed by atoms with Crippen LogP contribution in [0.25, 0.3) is 10.8 Å². The second-order valence-electron chi connectivity index (χ2n) is 5.81. The Kier molecular flexibility index (Phi) is 5.66. The van der Waals surface area contributed by atoms with Gasteiger partial charge in [0, 0.05) is 5.38 Å². The van der Waals surface area contributed by atoms with Gasteiger partial charge in [0.2, 0.25) is 0 Å². The number of methoxy groups -OCH3 is 1. The molecule has 0 radical (unpaired) electrons. The number of thiazole rings is 1. The molecule has 6 nitrogen and oxygen atoms in total. The van der Waals surface area contributed by atoms with Crippen LogP contribution in [0.15, 0.2) is 46.2 Å². The SMILES string of the molecule is COC(=O)C[C@@H](NC(=O)c1csc(-c2ccc(C)o2)n1)c1ccc(F)cc1. The van der Waals surface area contributed by atoms with Gasteiger partial charge in [-0.1, -0.05) is 12.1 Å². The van der Waals surface area contributed by atoms with Crippen molar-refractivity contribution in [2.75, 3.05) is 7.11 Å². The number of amides is 1. The van der Waals surface area contributed by atoms with Crippen LogP contribution >= 0.6 is 11.3 Å². The lowest BCUT2D eigenvalue weighted by Gasteiger charge is -2.17. The van der Waals surface area contributed by atoms with E-state index in [0.29, 0.717) is 16.3 Å². The van der Waals surface area contributed by atoms with E-state index in [0.717, 1.165) is 5.76 Å². The Bertz CT molecular complexity index is 949. The molecule has 140 valence electrons. The first-order chi connectivity index (χ1) is 13.0. The molecule has 0 bridgehead atoms. The standard InChI is InChI=1S/C19H17FN2O4S/c1-11-3-8-16(26-11)19-22-15(10-27-19)18(24)21-14(9-17(23)25-2)12-4-6-13(20)7-5-12/h3-8,10,14H,9H2,1-2H3,(H,21,24)/t14-/m1/s1. The molecule has 1 aromatic carbocycles. The zero-order chi connectivity index (χ0) is 19.4. The van der Waals surface area contributed by atoms with Gasteiger partial charge in [0.1, 0.15) is 17.3 Å². The summed E-state index contributed by atoms with van der Waals surface area (Å²) >= 11 is 1.28. The highest BCUT2D eigenvalue weighted by molar-refractivity contribution is 7.13. The van der Waals surface area contributed by atoms with Crippen LogP contribution in [0.3, 0.4) is 0 Å². The predicted octanol–water partition coefficient (Wildman–Crippen LogP) is 3.88. The van der Waals surface area contributed by atoms with E-state index in [1.54, 1.807) is 11.4 Å². The smallest absolute Gasteiger partial charge is 0.307 e. The monoisotopic (exact) mass is 388 g/mol. The van der Waals surface area contributed by atoms with Gasteiger partial charge in [-0.25, -0.2) is 9.37 Å². The number of hydrogen-bond donors (Lipinski definition) is 1. The number of ether oxygens (including phenoxy) is 1. The molecule has 0 aliphatic heterocycles. The first kappa shape index (κ1) is 18.8. The number of nitrogens with zero attached hydrogens (tertiary/aromatic N) is 1. The third-order valence-corrected chi connectivity index (χ3v) is 4.72. The summed E-state index contributed by atoms with van der Waals surface area (Å²) in [4.78, 5) is 28.6. The first-order valence-electron chi connectivity index (χ1n) is 8.11. The topological polar surface area (TPSA) is 81.4 Å². The molecule has 0 aliphatic rings. The maximum Gasteiger partial charge on any atom is 0.307 e. The molecule has 1 N–H and O–H groups in total. The lowest BCUT2D eigenvalue weighted by molar-refractivity contribution is -0.141. The van der Waals surface area contributed by atoms with Crippen LogP contribution in [0, 0.1) is 12.7 Å². The molecule has 3 rings (SSSR count). The lowest BCUT2D eigenvalue weighted by atomic mass is 10.0. The average molecular weight is 388 g/mol. The molecule has 0 fully saturated rings. The van der Waals surface area contributed by atoms with Gasteiger partial charge >= 0.3 is 5.97 Å². The normalized spacial score (nSPS) is 11.8. The van der Waals surface area contributed by atoms with E-state index < -0.39 is 23.7 Å². The number of rotatable bonds is 6. The number of carbonyl (C=O) groups excluding carboxylic acids is 2. The molecule has 3 aromatic rings. The molecule has 0 spiro atoms. The fourth-order valence-corrected chi connectivity index (χ4v) is 3.23. The Hall–Kier alpha value is -3.00. The van der Waals surface area contributed by atoms with Crippen molar-refractivity contribution in [1.82, 2.24) is 10.3 Å². The highest BCUT2D eigenvalue weighted by Crippen LogP contribution is 2.26. The Morgan fingerprint density at radius 1 is 1.26 bits per heavy atom. The summed E-state index contributed by atoms with van der Waals surface area (Å²) in [6.45, 7) is 1.82. The molecule has 8 heteroatoms. The summed E-state index contributed by atoms with van der Waals surface area (Å²) < 4.78 is 23.4. The van der Waals surface area contributed by atoms with Crippen LogP contribution in [-0.2, 0) is 9.53 Å². The van der Waals surface area contributed by atoms with Crippen molar-refractivity contribution < 1.29 is 23.1 Å². The third kappa shape index (κ3) is 4.59. The van der Waals surface area contributed by atoms with Crippen molar-refractivity contribution in [3.8, 4) is 10.8 Å². The summed E-state index contributed by atoms with van der Waals surface area (Å²) in [6, 6.07) is 8.51. The van der Waals surface area contributed by atoms with Crippen molar-refractivity contribution in [1.29, 1.82) is 0 Å². The summed E-state index contributed by atoms with van der Waals surface area (Å²) in [5.74, 6) is -0.00436. The fourth-order valence-electron chi connectivity index (χ4n) is 2.47. The van der Waals surface area contributed by atoms with Gasteiger partial charge in [0.25, 0.3) is 5.91 Å². The Balaban J connectivity index is 1.78. The molecule has 0 aliphatic carbocycles. The van der Waals surface area contributed by atoms with Gasteiger partial charge in [-0.3, -0.25) is 9.59 Å². The summed E-state index contributed by atoms with van der Waals surface area (Å²) in [6.07, 6.45) is -0.0811. The molecule has 0 saturated carbocycles. The molecular weight excluding hydrogens is 371 g/mol. The molecule has 0 saturated heterocycles. The number of aryl methyl sites for hydroxylation is 1. The predicted molar refractivity (Wildman–Crippen MR) is 97.8 cm³/mol. The molecule has 2 aromatic heterocycles. The number of carbonyl (C=O) groups is 2. The van der Waals surface area contributed by atoms with Gasteiger partial charge in [-0.15, -0.1) is 11.3 Å².